The number of carbonyl (C=O) groups excluding carboxylic acids is 2. The molecule has 1 aliphatic heterocycles. The molecule has 2 heterocycles. The molecule has 1 aliphatic rings. The van der Waals surface area contributed by atoms with Crippen LogP contribution in [0.5, 0.6) is 0 Å². The summed E-state index contributed by atoms with van der Waals surface area (Å²) in [5.41, 5.74) is 1.40. The highest BCUT2D eigenvalue weighted by atomic mass is 16.3. The number of benzene rings is 1. The molecule has 0 aliphatic carbocycles. The Balaban J connectivity index is 1.70. The molecular formula is C20H27N5O3. The molecule has 0 radical (unpaired) electrons. The van der Waals surface area contributed by atoms with Crippen LogP contribution in [-0.4, -0.2) is 62.1 Å². The van der Waals surface area contributed by atoms with Crippen molar-refractivity contribution < 1.29 is 14.0 Å². The molecule has 0 saturated carbocycles. The van der Waals surface area contributed by atoms with Gasteiger partial charge in [-0.15, -0.1) is 0 Å². The number of anilines is 2. The molecule has 3 rings (SSSR count). The molecule has 0 bridgehead atoms. The van der Waals surface area contributed by atoms with Gasteiger partial charge in [-0.05, 0) is 51.4 Å². The zero-order chi connectivity index (χ0) is 20.1. The van der Waals surface area contributed by atoms with E-state index in [1.54, 1.807) is 9.80 Å². The molecule has 150 valence electrons. The molecule has 8 nitrogen and oxygen atoms in total. The van der Waals surface area contributed by atoms with Gasteiger partial charge in [0.1, 0.15) is 11.5 Å². The van der Waals surface area contributed by atoms with Gasteiger partial charge in [-0.3, -0.25) is 4.90 Å². The molecule has 28 heavy (non-hydrogen) atoms. The summed E-state index contributed by atoms with van der Waals surface area (Å²) in [7, 11) is 3.94. The Morgan fingerprint density at radius 1 is 1.25 bits per heavy atom. The van der Waals surface area contributed by atoms with Crippen LogP contribution < -0.4 is 15.5 Å². The lowest BCUT2D eigenvalue weighted by Gasteiger charge is -2.24. The molecule has 0 unspecified atom stereocenters. The average molecular weight is 385 g/mol. The summed E-state index contributed by atoms with van der Waals surface area (Å²) in [6.45, 7) is 4.81. The van der Waals surface area contributed by atoms with Gasteiger partial charge in [-0.2, -0.15) is 0 Å². The second-order valence-corrected chi connectivity index (χ2v) is 7.10. The third-order valence-electron chi connectivity index (χ3n) is 4.51. The lowest BCUT2D eigenvalue weighted by Crippen LogP contribution is -2.39. The van der Waals surface area contributed by atoms with E-state index in [4.69, 9.17) is 4.42 Å². The molecule has 4 amide bonds. The average Bonchev–Trinajstić information content (AvgIpc) is 3.26. The SMILES string of the molecule is Cc1ccc(CN(CCN(C)C)C(=O)Nc2cccc(N3CCNC3=O)c2)o1. The highest BCUT2D eigenvalue weighted by Crippen LogP contribution is 2.21. The number of rotatable bonds is 7. The maximum atomic E-state index is 12.9. The van der Waals surface area contributed by atoms with Crippen molar-refractivity contribution in [1.82, 2.24) is 15.1 Å². The third-order valence-corrected chi connectivity index (χ3v) is 4.51. The molecule has 2 N–H and O–H groups in total. The first kappa shape index (κ1) is 19.8. The van der Waals surface area contributed by atoms with Gasteiger partial charge in [0.05, 0.1) is 6.54 Å². The monoisotopic (exact) mass is 385 g/mol. The molecule has 1 aromatic carbocycles. The topological polar surface area (TPSA) is 81.1 Å². The maximum absolute atomic E-state index is 12.9. The normalized spacial score (nSPS) is 13.7. The van der Waals surface area contributed by atoms with Gasteiger partial charge >= 0.3 is 12.1 Å². The number of nitrogens with one attached hydrogen (secondary N) is 2. The maximum Gasteiger partial charge on any atom is 0.322 e. The number of hydrogen-bond donors (Lipinski definition) is 2. The van der Waals surface area contributed by atoms with Gasteiger partial charge in [0.2, 0.25) is 0 Å². The standard InChI is InChI=1S/C20H27N5O3/c1-15-7-8-18(28-15)14-24(12-11-23(2)3)20(27)22-16-5-4-6-17(13-16)25-10-9-21-19(25)26/h4-8,13H,9-12,14H2,1-3H3,(H,21,26)(H,22,27). The fourth-order valence-electron chi connectivity index (χ4n) is 3.00. The van der Waals surface area contributed by atoms with Crippen LogP contribution in [0.2, 0.25) is 0 Å². The van der Waals surface area contributed by atoms with E-state index in [1.807, 2.05) is 62.3 Å². The third kappa shape index (κ3) is 5.04. The van der Waals surface area contributed by atoms with Gasteiger partial charge in [0, 0.05) is 37.6 Å². The quantitative estimate of drug-likeness (QED) is 0.768. The summed E-state index contributed by atoms with van der Waals surface area (Å²) < 4.78 is 5.63. The van der Waals surface area contributed by atoms with Crippen LogP contribution in [0.3, 0.4) is 0 Å². The number of likely N-dealkylation sites (N-methyl/N-ethyl adjacent to an activating group) is 1. The highest BCUT2D eigenvalue weighted by molar-refractivity contribution is 5.95. The lowest BCUT2D eigenvalue weighted by atomic mass is 10.2. The van der Waals surface area contributed by atoms with Crippen molar-refractivity contribution >= 4 is 23.4 Å². The number of aryl methyl sites for hydroxylation is 1. The van der Waals surface area contributed by atoms with E-state index in [-0.39, 0.29) is 12.1 Å². The Labute approximate surface area is 165 Å². The summed E-state index contributed by atoms with van der Waals surface area (Å²) in [6.07, 6.45) is 0. The minimum Gasteiger partial charge on any atom is -0.464 e. The van der Waals surface area contributed by atoms with Crippen LogP contribution in [-0.2, 0) is 6.54 Å². The number of nitrogens with zero attached hydrogens (tertiary/aromatic N) is 3. The first-order valence-electron chi connectivity index (χ1n) is 9.34. The predicted molar refractivity (Wildman–Crippen MR) is 109 cm³/mol. The zero-order valence-corrected chi connectivity index (χ0v) is 16.6. The fourth-order valence-corrected chi connectivity index (χ4v) is 3.00. The summed E-state index contributed by atoms with van der Waals surface area (Å²) >= 11 is 0. The van der Waals surface area contributed by atoms with Gasteiger partial charge in [0.15, 0.2) is 0 Å². The van der Waals surface area contributed by atoms with Crippen molar-refractivity contribution in [1.29, 1.82) is 0 Å². The second-order valence-electron chi connectivity index (χ2n) is 7.10. The smallest absolute Gasteiger partial charge is 0.322 e. The number of hydrogen-bond acceptors (Lipinski definition) is 4. The number of carbonyl (C=O) groups is 2. The molecule has 0 atom stereocenters. The lowest BCUT2D eigenvalue weighted by molar-refractivity contribution is 0.196. The van der Waals surface area contributed by atoms with Crippen LogP contribution in [0, 0.1) is 6.92 Å². The van der Waals surface area contributed by atoms with E-state index in [0.717, 1.165) is 23.8 Å². The van der Waals surface area contributed by atoms with Gasteiger partial charge in [-0.25, -0.2) is 9.59 Å². The van der Waals surface area contributed by atoms with Crippen molar-refractivity contribution in [2.24, 2.45) is 0 Å². The van der Waals surface area contributed by atoms with Crippen LogP contribution in [0.4, 0.5) is 21.0 Å². The number of furan rings is 1. The van der Waals surface area contributed by atoms with E-state index in [0.29, 0.717) is 31.9 Å². The van der Waals surface area contributed by atoms with Gasteiger partial charge in [-0.1, -0.05) is 6.07 Å². The van der Waals surface area contributed by atoms with Gasteiger partial charge in [0.25, 0.3) is 0 Å². The molecule has 0 spiro atoms. The molecule has 1 saturated heterocycles. The highest BCUT2D eigenvalue weighted by Gasteiger charge is 2.22. The van der Waals surface area contributed by atoms with Gasteiger partial charge < -0.3 is 24.9 Å². The van der Waals surface area contributed by atoms with E-state index >= 15 is 0 Å². The van der Waals surface area contributed by atoms with Crippen LogP contribution >= 0.6 is 0 Å². The Hall–Kier alpha value is -3.00. The summed E-state index contributed by atoms with van der Waals surface area (Å²) in [5.74, 6) is 1.56. The Bertz CT molecular complexity index is 833. The summed E-state index contributed by atoms with van der Waals surface area (Å²) in [4.78, 5) is 30.2. The van der Waals surface area contributed by atoms with Crippen molar-refractivity contribution in [3.8, 4) is 0 Å². The van der Waals surface area contributed by atoms with E-state index < -0.39 is 0 Å². The molecular weight excluding hydrogens is 358 g/mol. The summed E-state index contributed by atoms with van der Waals surface area (Å²) in [6, 6.07) is 10.8. The Kier molecular flexibility index (Phi) is 6.20. The zero-order valence-electron chi connectivity index (χ0n) is 16.6. The second kappa shape index (κ2) is 8.79. The molecule has 2 aromatic rings. The van der Waals surface area contributed by atoms with Crippen LogP contribution in [0.1, 0.15) is 11.5 Å². The minimum atomic E-state index is -0.209. The van der Waals surface area contributed by atoms with E-state index in [9.17, 15) is 9.59 Å². The largest absolute Gasteiger partial charge is 0.464 e. The van der Waals surface area contributed by atoms with Crippen molar-refractivity contribution in [2.75, 3.05) is 50.5 Å². The molecule has 8 heteroatoms. The Morgan fingerprint density at radius 3 is 2.71 bits per heavy atom. The van der Waals surface area contributed by atoms with Crippen molar-refractivity contribution in [2.45, 2.75) is 13.5 Å². The van der Waals surface area contributed by atoms with E-state index in [1.165, 1.54) is 0 Å². The van der Waals surface area contributed by atoms with E-state index in [2.05, 4.69) is 10.6 Å². The van der Waals surface area contributed by atoms with Crippen LogP contribution in [0.25, 0.3) is 0 Å². The first-order chi connectivity index (χ1) is 13.4. The first-order valence-corrected chi connectivity index (χ1v) is 9.34. The number of amides is 4. The molecule has 1 fully saturated rings. The van der Waals surface area contributed by atoms with Crippen LogP contribution in [0.15, 0.2) is 40.8 Å². The Morgan fingerprint density at radius 2 is 2.07 bits per heavy atom. The summed E-state index contributed by atoms with van der Waals surface area (Å²) in [5, 5.41) is 5.72. The minimum absolute atomic E-state index is 0.121. The van der Waals surface area contributed by atoms with Crippen molar-refractivity contribution in [3.63, 3.8) is 0 Å². The van der Waals surface area contributed by atoms with Crippen molar-refractivity contribution in [3.05, 3.63) is 47.9 Å². The predicted octanol–water partition coefficient (Wildman–Crippen LogP) is 2.71. The fraction of sp³-hybridized carbons (Fsp3) is 0.400. The number of urea groups is 2. The molecule has 1 aromatic heterocycles.